The van der Waals surface area contributed by atoms with E-state index in [2.05, 4.69) is 10.6 Å². The van der Waals surface area contributed by atoms with Crippen LogP contribution in [0.2, 0.25) is 5.02 Å². The van der Waals surface area contributed by atoms with Gasteiger partial charge in [-0.3, -0.25) is 0 Å². The van der Waals surface area contributed by atoms with Crippen LogP contribution in [0.25, 0.3) is 0 Å². The fourth-order valence-electron chi connectivity index (χ4n) is 3.20. The van der Waals surface area contributed by atoms with Crippen molar-refractivity contribution >= 4 is 17.3 Å². The topological polar surface area (TPSA) is 30.9 Å². The molecular formula is C21H20ClF3N2. The van der Waals surface area contributed by atoms with Gasteiger partial charge in [-0.25, -0.2) is 0 Å². The summed E-state index contributed by atoms with van der Waals surface area (Å²) in [5.41, 5.74) is 10.8. The molecule has 2 nitrogen and oxygen atoms in total. The minimum absolute atomic E-state index is 0.565. The monoisotopic (exact) mass is 392 g/mol. The summed E-state index contributed by atoms with van der Waals surface area (Å²) in [5, 5.41) is 0.623. The van der Waals surface area contributed by atoms with E-state index in [4.69, 9.17) is 17.3 Å². The molecule has 0 radical (unpaired) electrons. The van der Waals surface area contributed by atoms with Crippen molar-refractivity contribution in [1.82, 2.24) is 4.57 Å². The van der Waals surface area contributed by atoms with Gasteiger partial charge in [-0.15, -0.1) is 0 Å². The Morgan fingerprint density at radius 2 is 1.67 bits per heavy atom. The van der Waals surface area contributed by atoms with E-state index in [1.807, 2.05) is 26.1 Å². The van der Waals surface area contributed by atoms with Crippen LogP contribution in [0.5, 0.6) is 0 Å². The highest BCUT2D eigenvalue weighted by atomic mass is 35.5. The number of aryl methyl sites for hydroxylation is 1. The van der Waals surface area contributed by atoms with E-state index in [1.54, 1.807) is 6.07 Å². The van der Waals surface area contributed by atoms with Gasteiger partial charge in [0.15, 0.2) is 0 Å². The summed E-state index contributed by atoms with van der Waals surface area (Å²) < 4.78 is 40.2. The molecule has 142 valence electrons. The van der Waals surface area contributed by atoms with Crippen molar-refractivity contribution in [3.63, 3.8) is 0 Å². The number of benzene rings is 2. The highest BCUT2D eigenvalue weighted by Gasteiger charge is 2.29. The van der Waals surface area contributed by atoms with Gasteiger partial charge in [-0.05, 0) is 53.9 Å². The second-order valence-electron chi connectivity index (χ2n) is 6.72. The van der Waals surface area contributed by atoms with Gasteiger partial charge >= 0.3 is 6.18 Å². The van der Waals surface area contributed by atoms with Gasteiger partial charge in [0.25, 0.3) is 0 Å². The number of anilines is 1. The predicted octanol–water partition coefficient (Wildman–Crippen LogP) is 5.77. The van der Waals surface area contributed by atoms with Crippen molar-refractivity contribution in [2.75, 3.05) is 5.73 Å². The molecule has 0 amide bonds. The highest BCUT2D eigenvalue weighted by molar-refractivity contribution is 6.31. The zero-order valence-corrected chi connectivity index (χ0v) is 15.8. The molecule has 0 spiro atoms. The van der Waals surface area contributed by atoms with E-state index in [0.717, 1.165) is 40.2 Å². The molecule has 3 rings (SSSR count). The van der Waals surface area contributed by atoms with Crippen molar-refractivity contribution < 1.29 is 13.2 Å². The quantitative estimate of drug-likeness (QED) is 0.561. The zero-order valence-electron chi connectivity index (χ0n) is 15.1. The van der Waals surface area contributed by atoms with E-state index in [0.29, 0.717) is 23.6 Å². The lowest BCUT2D eigenvalue weighted by atomic mass is 10.1. The first kappa shape index (κ1) is 19.4. The van der Waals surface area contributed by atoms with Crippen LogP contribution in [-0.4, -0.2) is 4.57 Å². The van der Waals surface area contributed by atoms with Crippen molar-refractivity contribution in [3.8, 4) is 0 Å². The molecule has 0 saturated heterocycles. The molecule has 3 aromatic rings. The summed E-state index contributed by atoms with van der Waals surface area (Å²) in [5.74, 6) is 0. The third kappa shape index (κ3) is 4.30. The third-order valence-corrected chi connectivity index (χ3v) is 5.13. The Balaban J connectivity index is 1.83. The first-order chi connectivity index (χ1) is 12.6. The molecule has 0 aliphatic heterocycles. The first-order valence-corrected chi connectivity index (χ1v) is 8.87. The summed E-state index contributed by atoms with van der Waals surface area (Å²) in [7, 11) is 1.97. The number of hydrogen-bond donors (Lipinski definition) is 1. The molecule has 1 heterocycles. The van der Waals surface area contributed by atoms with Crippen molar-refractivity contribution in [2.45, 2.75) is 25.9 Å². The number of hydrogen-bond acceptors (Lipinski definition) is 1. The summed E-state index contributed by atoms with van der Waals surface area (Å²) >= 11 is 6.28. The van der Waals surface area contributed by atoms with Gasteiger partial charge in [0.1, 0.15) is 0 Å². The average molecular weight is 393 g/mol. The molecule has 2 aromatic carbocycles. The number of halogens is 4. The fraction of sp³-hybridized carbons (Fsp3) is 0.238. The van der Waals surface area contributed by atoms with Gasteiger partial charge < -0.3 is 10.3 Å². The van der Waals surface area contributed by atoms with Crippen LogP contribution in [0.4, 0.5) is 18.9 Å². The Kier molecular flexibility index (Phi) is 5.24. The molecule has 27 heavy (non-hydrogen) atoms. The second-order valence-corrected chi connectivity index (χ2v) is 7.13. The smallest absolute Gasteiger partial charge is 0.399 e. The molecule has 0 aliphatic rings. The Labute approximate surface area is 161 Å². The number of rotatable bonds is 4. The summed E-state index contributed by atoms with van der Waals surface area (Å²) in [6.45, 7) is 2.01. The molecule has 2 N–H and O–H groups in total. The Bertz CT molecular complexity index is 957. The van der Waals surface area contributed by atoms with Crippen molar-refractivity contribution in [2.24, 2.45) is 7.05 Å². The van der Waals surface area contributed by atoms with E-state index >= 15 is 0 Å². The van der Waals surface area contributed by atoms with Crippen molar-refractivity contribution in [1.29, 1.82) is 0 Å². The molecule has 0 atom stereocenters. The third-order valence-electron chi connectivity index (χ3n) is 4.78. The maximum atomic E-state index is 12.7. The van der Waals surface area contributed by atoms with Crippen LogP contribution in [0.3, 0.4) is 0 Å². The Hall–Kier alpha value is -2.40. The predicted molar refractivity (Wildman–Crippen MR) is 103 cm³/mol. The van der Waals surface area contributed by atoms with Crippen LogP contribution in [0.1, 0.15) is 33.6 Å². The Morgan fingerprint density at radius 1 is 1.00 bits per heavy atom. The summed E-state index contributed by atoms with van der Waals surface area (Å²) in [4.78, 5) is 0. The van der Waals surface area contributed by atoms with Gasteiger partial charge in [0.2, 0.25) is 0 Å². The first-order valence-electron chi connectivity index (χ1n) is 8.49. The molecule has 0 saturated carbocycles. The maximum absolute atomic E-state index is 12.7. The van der Waals surface area contributed by atoms with Crippen LogP contribution >= 0.6 is 11.6 Å². The highest BCUT2D eigenvalue weighted by Crippen LogP contribution is 2.30. The second kappa shape index (κ2) is 7.31. The maximum Gasteiger partial charge on any atom is 0.416 e. The molecule has 0 unspecified atom stereocenters. The lowest BCUT2D eigenvalue weighted by molar-refractivity contribution is -0.137. The van der Waals surface area contributed by atoms with E-state index in [9.17, 15) is 13.2 Å². The summed E-state index contributed by atoms with van der Waals surface area (Å²) in [6.07, 6.45) is -3.09. The minimum atomic E-state index is -4.31. The molecular weight excluding hydrogens is 373 g/mol. The van der Waals surface area contributed by atoms with E-state index < -0.39 is 11.7 Å². The van der Waals surface area contributed by atoms with E-state index in [1.165, 1.54) is 12.1 Å². The largest absolute Gasteiger partial charge is 0.416 e. The van der Waals surface area contributed by atoms with Gasteiger partial charge in [0, 0.05) is 42.0 Å². The Morgan fingerprint density at radius 3 is 2.26 bits per heavy atom. The molecule has 0 bridgehead atoms. The van der Waals surface area contributed by atoms with Gasteiger partial charge in [0.05, 0.1) is 5.56 Å². The fourth-order valence-corrected chi connectivity index (χ4v) is 3.46. The molecule has 6 heteroatoms. The number of aromatic nitrogens is 1. The van der Waals surface area contributed by atoms with Gasteiger partial charge in [-0.1, -0.05) is 29.8 Å². The number of alkyl halides is 3. The number of nitrogen functional groups attached to an aromatic ring is 1. The minimum Gasteiger partial charge on any atom is -0.399 e. The SMILES string of the molecule is Cc1cc(Cc2ccc(N)cc2Cl)n(C)c1Cc1ccc(C(F)(F)F)cc1. The van der Waals surface area contributed by atoms with E-state index in [-0.39, 0.29) is 0 Å². The summed E-state index contributed by atoms with van der Waals surface area (Å²) in [6, 6.07) is 12.9. The van der Waals surface area contributed by atoms with Gasteiger partial charge in [-0.2, -0.15) is 13.2 Å². The van der Waals surface area contributed by atoms with Crippen LogP contribution in [0.15, 0.2) is 48.5 Å². The normalized spacial score (nSPS) is 11.8. The standard InChI is InChI=1S/C21H20ClF3N2/c1-13-9-18(11-15-5-8-17(26)12-19(15)22)27(2)20(13)10-14-3-6-16(7-4-14)21(23,24)25/h3-9,12H,10-11,26H2,1-2H3. The van der Waals surface area contributed by atoms with Crippen LogP contribution in [0, 0.1) is 6.92 Å². The van der Waals surface area contributed by atoms with Crippen molar-refractivity contribution in [3.05, 3.63) is 87.2 Å². The molecule has 0 aliphatic carbocycles. The lowest BCUT2D eigenvalue weighted by Crippen LogP contribution is -2.06. The average Bonchev–Trinajstić information content (AvgIpc) is 2.84. The number of nitrogens with zero attached hydrogens (tertiary/aromatic N) is 1. The number of nitrogens with two attached hydrogens (primary N) is 1. The zero-order chi connectivity index (χ0) is 19.8. The van der Waals surface area contributed by atoms with Crippen LogP contribution in [-0.2, 0) is 26.1 Å². The molecule has 0 fully saturated rings. The molecule has 1 aromatic heterocycles. The van der Waals surface area contributed by atoms with Crippen LogP contribution < -0.4 is 5.73 Å². The lowest BCUT2D eigenvalue weighted by Gasteiger charge is -2.11.